The van der Waals surface area contributed by atoms with E-state index in [0.717, 1.165) is 5.67 Å². The molecule has 0 aromatic rings. The quantitative estimate of drug-likeness (QED) is 0.739. The van der Waals surface area contributed by atoms with Crippen molar-refractivity contribution in [3.05, 3.63) is 0 Å². The zero-order chi connectivity index (χ0) is 11.5. The summed E-state index contributed by atoms with van der Waals surface area (Å²) in [5.74, 6) is 0. The van der Waals surface area contributed by atoms with Crippen molar-refractivity contribution in [1.82, 2.24) is 10.2 Å². The molecule has 1 aliphatic heterocycles. The molecule has 0 spiro atoms. The summed E-state index contributed by atoms with van der Waals surface area (Å²) in [4.78, 5) is 2.78. The summed E-state index contributed by atoms with van der Waals surface area (Å²) >= 11 is 0. The molecule has 1 N–H and O–H groups in total. The summed E-state index contributed by atoms with van der Waals surface area (Å²) in [5, 5.41) is 3.55. The van der Waals surface area contributed by atoms with Gasteiger partial charge in [-0.15, -0.1) is 0 Å². The topological polar surface area (TPSA) is 15.3 Å². The van der Waals surface area contributed by atoms with Crippen molar-refractivity contribution in [2.24, 2.45) is 0 Å². The largest absolute Gasteiger partial charge is 0.314 e. The fraction of sp³-hybridized carbons (Fsp3) is 1.00. The van der Waals surface area contributed by atoms with E-state index in [1.165, 1.54) is 32.5 Å². The van der Waals surface area contributed by atoms with Crippen molar-refractivity contribution >= 4 is 8.80 Å². The molecule has 1 saturated heterocycles. The molecular formula is C12H28N2Si. The lowest BCUT2D eigenvalue weighted by atomic mass is 9.95. The molecule has 15 heavy (non-hydrogen) atoms. The van der Waals surface area contributed by atoms with E-state index in [0.29, 0.717) is 5.54 Å². The predicted molar refractivity (Wildman–Crippen MR) is 71.2 cm³/mol. The van der Waals surface area contributed by atoms with Gasteiger partial charge in [-0.2, -0.15) is 0 Å². The zero-order valence-electron chi connectivity index (χ0n) is 11.1. The normalized spacial score (nSPS) is 24.8. The number of hydrogen-bond acceptors (Lipinski definition) is 2. The minimum Gasteiger partial charge on any atom is -0.314 e. The van der Waals surface area contributed by atoms with Crippen molar-refractivity contribution in [3.63, 3.8) is 0 Å². The van der Waals surface area contributed by atoms with Gasteiger partial charge in [-0.25, -0.2) is 0 Å². The minimum atomic E-state index is -0.571. The second-order valence-electron chi connectivity index (χ2n) is 5.77. The van der Waals surface area contributed by atoms with E-state index in [2.05, 4.69) is 44.1 Å². The molecule has 0 aromatic carbocycles. The Morgan fingerprint density at radius 1 is 1.40 bits per heavy atom. The van der Waals surface area contributed by atoms with Gasteiger partial charge in [0.2, 0.25) is 0 Å². The second-order valence-corrected chi connectivity index (χ2v) is 9.03. The van der Waals surface area contributed by atoms with Crippen LogP contribution in [0.3, 0.4) is 0 Å². The van der Waals surface area contributed by atoms with Gasteiger partial charge in [-0.05, 0) is 20.3 Å². The fourth-order valence-corrected chi connectivity index (χ4v) is 4.74. The van der Waals surface area contributed by atoms with Gasteiger partial charge in [0.25, 0.3) is 0 Å². The van der Waals surface area contributed by atoms with Crippen LogP contribution in [0, 0.1) is 0 Å². The maximum absolute atomic E-state index is 3.55. The first kappa shape index (κ1) is 13.2. The molecule has 1 atom stereocenters. The summed E-state index contributed by atoms with van der Waals surface area (Å²) in [6.07, 6.45) is 2.62. The summed E-state index contributed by atoms with van der Waals surface area (Å²) in [7, 11) is -0.571. The van der Waals surface area contributed by atoms with Crippen molar-refractivity contribution in [1.29, 1.82) is 0 Å². The highest BCUT2D eigenvalue weighted by molar-refractivity contribution is 6.57. The lowest BCUT2D eigenvalue weighted by molar-refractivity contribution is 0.0739. The van der Waals surface area contributed by atoms with E-state index in [1.54, 1.807) is 0 Å². The van der Waals surface area contributed by atoms with E-state index in [9.17, 15) is 0 Å². The third kappa shape index (κ3) is 3.30. The maximum atomic E-state index is 3.55. The monoisotopic (exact) mass is 228 g/mol. The highest BCUT2D eigenvalue weighted by Gasteiger charge is 2.35. The molecule has 0 radical (unpaired) electrons. The van der Waals surface area contributed by atoms with E-state index >= 15 is 0 Å². The molecule has 1 heterocycles. The van der Waals surface area contributed by atoms with Crippen LogP contribution in [0.1, 0.15) is 33.6 Å². The molecule has 0 amide bonds. The van der Waals surface area contributed by atoms with Crippen LogP contribution < -0.4 is 5.32 Å². The smallest absolute Gasteiger partial charge is 0.0525 e. The third-order valence-electron chi connectivity index (χ3n) is 3.69. The molecule has 90 valence electrons. The summed E-state index contributed by atoms with van der Waals surface area (Å²) in [5.41, 5.74) is 1.25. The summed E-state index contributed by atoms with van der Waals surface area (Å²) < 4.78 is 0. The maximum Gasteiger partial charge on any atom is 0.0525 e. The second kappa shape index (κ2) is 5.46. The highest BCUT2D eigenvalue weighted by atomic mass is 28.3. The Balaban J connectivity index is 2.70. The Bertz CT molecular complexity index is 192. The average Bonchev–Trinajstić information content (AvgIpc) is 2.17. The van der Waals surface area contributed by atoms with Gasteiger partial charge in [-0.1, -0.05) is 26.4 Å². The minimum absolute atomic E-state index is 0.402. The Hall–Kier alpha value is 0.137. The molecule has 0 saturated carbocycles. The Morgan fingerprint density at radius 2 is 2.07 bits per heavy atom. The zero-order valence-corrected chi connectivity index (χ0v) is 12.3. The molecule has 0 bridgehead atoms. The summed E-state index contributed by atoms with van der Waals surface area (Å²) in [6, 6.07) is 0. The number of piperazine rings is 1. The number of rotatable bonds is 4. The molecule has 3 heteroatoms. The van der Waals surface area contributed by atoms with Crippen LogP contribution in [-0.4, -0.2) is 44.5 Å². The van der Waals surface area contributed by atoms with Crippen LogP contribution in [0.4, 0.5) is 0 Å². The van der Waals surface area contributed by atoms with Crippen molar-refractivity contribution in [2.75, 3.05) is 19.6 Å². The highest BCUT2D eigenvalue weighted by Crippen LogP contribution is 2.25. The number of nitrogens with zero attached hydrogens (tertiary/aromatic N) is 1. The average molecular weight is 228 g/mol. The van der Waals surface area contributed by atoms with Crippen molar-refractivity contribution < 1.29 is 0 Å². The number of hydrogen-bond donors (Lipinski definition) is 1. The van der Waals surface area contributed by atoms with E-state index < -0.39 is 8.80 Å². The van der Waals surface area contributed by atoms with Crippen molar-refractivity contribution in [3.8, 4) is 0 Å². The van der Waals surface area contributed by atoms with Gasteiger partial charge >= 0.3 is 0 Å². The molecule has 0 aromatic heterocycles. The Morgan fingerprint density at radius 3 is 2.60 bits per heavy atom. The Labute approximate surface area is 97.0 Å². The van der Waals surface area contributed by atoms with Gasteiger partial charge in [0, 0.05) is 30.8 Å². The first-order valence-corrected chi connectivity index (χ1v) is 9.44. The van der Waals surface area contributed by atoms with Gasteiger partial charge in [-0.3, -0.25) is 4.90 Å². The van der Waals surface area contributed by atoms with Gasteiger partial charge in [0.05, 0.1) is 8.80 Å². The molecule has 2 nitrogen and oxygen atoms in total. The molecule has 0 aliphatic carbocycles. The van der Waals surface area contributed by atoms with Crippen molar-refractivity contribution in [2.45, 2.75) is 57.9 Å². The first-order chi connectivity index (χ1) is 6.99. The molecule has 1 rings (SSSR count). The molecular weight excluding hydrogens is 200 g/mol. The SMILES string of the molecule is CCCC(C)(C)N1CCNCC1[SiH](C)C. The van der Waals surface area contributed by atoms with Crippen LogP contribution in [-0.2, 0) is 0 Å². The van der Waals surface area contributed by atoms with Crippen LogP contribution in [0.25, 0.3) is 0 Å². The van der Waals surface area contributed by atoms with Crippen LogP contribution in [0.2, 0.25) is 13.1 Å². The van der Waals surface area contributed by atoms with E-state index in [4.69, 9.17) is 0 Å². The molecule has 1 unspecified atom stereocenters. The van der Waals surface area contributed by atoms with Crippen LogP contribution >= 0.6 is 0 Å². The van der Waals surface area contributed by atoms with Crippen LogP contribution in [0.15, 0.2) is 0 Å². The predicted octanol–water partition coefficient (Wildman–Crippen LogP) is 1.86. The van der Waals surface area contributed by atoms with Crippen LogP contribution in [0.5, 0.6) is 0 Å². The molecule has 1 fully saturated rings. The van der Waals surface area contributed by atoms with E-state index in [1.807, 2.05) is 0 Å². The van der Waals surface area contributed by atoms with Gasteiger partial charge in [0.15, 0.2) is 0 Å². The lowest BCUT2D eigenvalue weighted by Gasteiger charge is -2.48. The molecule has 1 aliphatic rings. The fourth-order valence-electron chi connectivity index (χ4n) is 2.83. The van der Waals surface area contributed by atoms with Gasteiger partial charge < -0.3 is 5.32 Å². The lowest BCUT2D eigenvalue weighted by Crippen LogP contribution is -2.63. The summed E-state index contributed by atoms with van der Waals surface area (Å²) in [6.45, 7) is 15.7. The standard InChI is InChI=1S/C12H28N2Si/c1-6-7-12(2,3)14-9-8-13-10-11(14)15(4)5/h11,13,15H,6-10H2,1-5H3. The Kier molecular flexibility index (Phi) is 4.81. The van der Waals surface area contributed by atoms with E-state index in [-0.39, 0.29) is 0 Å². The number of nitrogens with one attached hydrogen (secondary N) is 1. The third-order valence-corrected chi connectivity index (χ3v) is 5.83. The van der Waals surface area contributed by atoms with Gasteiger partial charge in [0.1, 0.15) is 0 Å². The first-order valence-electron chi connectivity index (χ1n) is 6.46.